The molecule has 0 spiro atoms. The molecule has 4 rings (SSSR count). The summed E-state index contributed by atoms with van der Waals surface area (Å²) in [4.78, 5) is 0. The van der Waals surface area contributed by atoms with Gasteiger partial charge in [-0.05, 0) is 104 Å². The van der Waals surface area contributed by atoms with Crippen LogP contribution in [-0.2, 0) is 0 Å². The van der Waals surface area contributed by atoms with Gasteiger partial charge in [0.05, 0.1) is 0 Å². The average Bonchev–Trinajstić information content (AvgIpc) is 2.83. The molecule has 0 bridgehead atoms. The number of hydrogen-bond acceptors (Lipinski definition) is 1. The summed E-state index contributed by atoms with van der Waals surface area (Å²) in [5.41, 5.74) is 1.02. The molecule has 0 saturated heterocycles. The van der Waals surface area contributed by atoms with Crippen LogP contribution in [0.5, 0.6) is 0 Å². The van der Waals surface area contributed by atoms with Crippen LogP contribution in [0.4, 0.5) is 0 Å². The van der Waals surface area contributed by atoms with Gasteiger partial charge in [0.2, 0.25) is 0 Å². The molecule has 0 aromatic carbocycles. The normalized spacial score (nSPS) is 55.0. The van der Waals surface area contributed by atoms with Crippen LogP contribution >= 0.6 is 0 Å². The average molecular weight is 361 g/mol. The Labute approximate surface area is 162 Å². The van der Waals surface area contributed by atoms with E-state index in [-0.39, 0.29) is 0 Å². The van der Waals surface area contributed by atoms with Crippen molar-refractivity contribution in [2.75, 3.05) is 6.61 Å². The summed E-state index contributed by atoms with van der Waals surface area (Å²) in [6.07, 6.45) is 15.8. The van der Waals surface area contributed by atoms with Gasteiger partial charge in [0.25, 0.3) is 0 Å². The molecule has 4 saturated carbocycles. The summed E-state index contributed by atoms with van der Waals surface area (Å²) in [7, 11) is 0. The SMILES string of the molecule is CC1CCC2C3CCC4CC(C)CCCC4(C)C3CCC2(C)C(CO)C1. The van der Waals surface area contributed by atoms with E-state index in [4.69, 9.17) is 0 Å². The third-order valence-corrected chi connectivity index (χ3v) is 10.4. The minimum Gasteiger partial charge on any atom is -0.396 e. The van der Waals surface area contributed by atoms with Crippen LogP contribution in [-0.4, -0.2) is 11.7 Å². The molecular formula is C25H44O. The maximum absolute atomic E-state index is 10.2. The first kappa shape index (κ1) is 19.3. The predicted molar refractivity (Wildman–Crippen MR) is 110 cm³/mol. The largest absolute Gasteiger partial charge is 0.396 e. The van der Waals surface area contributed by atoms with E-state index in [1.165, 1.54) is 70.6 Å². The van der Waals surface area contributed by atoms with Gasteiger partial charge in [-0.15, -0.1) is 0 Å². The Kier molecular flexibility index (Phi) is 5.26. The van der Waals surface area contributed by atoms with Gasteiger partial charge in [-0.2, -0.15) is 0 Å². The summed E-state index contributed by atoms with van der Waals surface area (Å²) in [5.74, 6) is 6.08. The molecule has 4 aliphatic carbocycles. The third kappa shape index (κ3) is 2.99. The van der Waals surface area contributed by atoms with Gasteiger partial charge >= 0.3 is 0 Å². The highest BCUT2D eigenvalue weighted by Crippen LogP contribution is 2.65. The first-order valence-electron chi connectivity index (χ1n) is 12.0. The number of aliphatic hydroxyl groups is 1. The van der Waals surface area contributed by atoms with Crippen LogP contribution in [0.2, 0.25) is 0 Å². The number of hydrogen-bond donors (Lipinski definition) is 1. The zero-order valence-corrected chi connectivity index (χ0v) is 18.0. The van der Waals surface area contributed by atoms with Gasteiger partial charge in [-0.3, -0.25) is 0 Å². The molecule has 0 aromatic heterocycles. The van der Waals surface area contributed by atoms with Gasteiger partial charge in [0, 0.05) is 6.61 Å². The van der Waals surface area contributed by atoms with Gasteiger partial charge in [-0.1, -0.05) is 47.0 Å². The van der Waals surface area contributed by atoms with Crippen molar-refractivity contribution in [1.29, 1.82) is 0 Å². The highest BCUT2D eigenvalue weighted by Gasteiger charge is 2.57. The quantitative estimate of drug-likeness (QED) is 0.552. The zero-order chi connectivity index (χ0) is 18.5. The Morgan fingerprint density at radius 1 is 0.769 bits per heavy atom. The Balaban J connectivity index is 1.64. The lowest BCUT2D eigenvalue weighted by molar-refractivity contribution is -0.122. The predicted octanol–water partition coefficient (Wildman–Crippen LogP) is 6.69. The third-order valence-electron chi connectivity index (χ3n) is 10.4. The number of fused-ring (bicyclic) bond motifs is 5. The molecule has 4 fully saturated rings. The fourth-order valence-electron chi connectivity index (χ4n) is 8.76. The molecule has 0 heterocycles. The van der Waals surface area contributed by atoms with Gasteiger partial charge in [0.1, 0.15) is 0 Å². The molecule has 1 nitrogen and oxygen atoms in total. The van der Waals surface area contributed by atoms with Gasteiger partial charge in [0.15, 0.2) is 0 Å². The highest BCUT2D eigenvalue weighted by atomic mass is 16.3. The van der Waals surface area contributed by atoms with E-state index in [2.05, 4.69) is 27.7 Å². The summed E-state index contributed by atoms with van der Waals surface area (Å²) >= 11 is 0. The molecule has 0 amide bonds. The molecule has 1 N–H and O–H groups in total. The molecule has 150 valence electrons. The van der Waals surface area contributed by atoms with Crippen molar-refractivity contribution in [1.82, 2.24) is 0 Å². The van der Waals surface area contributed by atoms with Crippen molar-refractivity contribution in [3.8, 4) is 0 Å². The Bertz CT molecular complexity index is 500. The summed E-state index contributed by atoms with van der Waals surface area (Å²) in [6, 6.07) is 0. The van der Waals surface area contributed by atoms with E-state index < -0.39 is 0 Å². The van der Waals surface area contributed by atoms with Crippen LogP contribution in [0.1, 0.15) is 98.3 Å². The Hall–Kier alpha value is -0.0400. The van der Waals surface area contributed by atoms with Crippen LogP contribution in [0.15, 0.2) is 0 Å². The van der Waals surface area contributed by atoms with Crippen LogP contribution < -0.4 is 0 Å². The van der Waals surface area contributed by atoms with Crippen LogP contribution in [0, 0.1) is 52.3 Å². The van der Waals surface area contributed by atoms with Crippen molar-refractivity contribution in [2.45, 2.75) is 98.3 Å². The van der Waals surface area contributed by atoms with E-state index in [1.54, 1.807) is 0 Å². The second-order valence-electron chi connectivity index (χ2n) is 11.7. The molecule has 4 aliphatic rings. The first-order chi connectivity index (χ1) is 12.4. The maximum Gasteiger partial charge on any atom is 0.0464 e. The fraction of sp³-hybridized carbons (Fsp3) is 1.00. The summed E-state index contributed by atoms with van der Waals surface area (Å²) in [6.45, 7) is 10.7. The van der Waals surface area contributed by atoms with Crippen molar-refractivity contribution < 1.29 is 5.11 Å². The van der Waals surface area contributed by atoms with Crippen molar-refractivity contribution >= 4 is 0 Å². The van der Waals surface area contributed by atoms with Crippen LogP contribution in [0.3, 0.4) is 0 Å². The molecule has 26 heavy (non-hydrogen) atoms. The monoisotopic (exact) mass is 360 g/mol. The second kappa shape index (κ2) is 7.09. The minimum absolute atomic E-state index is 0.405. The van der Waals surface area contributed by atoms with E-state index in [0.29, 0.717) is 23.4 Å². The molecule has 0 aromatic rings. The number of rotatable bonds is 1. The molecular weight excluding hydrogens is 316 g/mol. The minimum atomic E-state index is 0.405. The van der Waals surface area contributed by atoms with Crippen LogP contribution in [0.25, 0.3) is 0 Å². The lowest BCUT2D eigenvalue weighted by Gasteiger charge is -2.61. The molecule has 1 heteroatoms. The number of aliphatic hydroxyl groups excluding tert-OH is 1. The molecule has 0 aliphatic heterocycles. The second-order valence-corrected chi connectivity index (χ2v) is 11.7. The van der Waals surface area contributed by atoms with E-state index in [0.717, 1.165) is 35.5 Å². The Morgan fingerprint density at radius 2 is 1.50 bits per heavy atom. The lowest BCUT2D eigenvalue weighted by atomic mass is 9.44. The first-order valence-corrected chi connectivity index (χ1v) is 12.0. The van der Waals surface area contributed by atoms with E-state index >= 15 is 0 Å². The van der Waals surface area contributed by atoms with Crippen molar-refractivity contribution in [3.05, 3.63) is 0 Å². The maximum atomic E-state index is 10.2. The topological polar surface area (TPSA) is 20.2 Å². The van der Waals surface area contributed by atoms with E-state index in [9.17, 15) is 5.11 Å². The van der Waals surface area contributed by atoms with Crippen molar-refractivity contribution in [3.63, 3.8) is 0 Å². The van der Waals surface area contributed by atoms with E-state index in [1.807, 2.05) is 0 Å². The highest BCUT2D eigenvalue weighted by molar-refractivity contribution is 5.07. The molecule has 9 atom stereocenters. The van der Waals surface area contributed by atoms with Gasteiger partial charge < -0.3 is 5.11 Å². The molecule has 9 unspecified atom stereocenters. The summed E-state index contributed by atoms with van der Waals surface area (Å²) < 4.78 is 0. The van der Waals surface area contributed by atoms with Gasteiger partial charge in [-0.25, -0.2) is 0 Å². The molecule has 0 radical (unpaired) electrons. The standard InChI is InChI=1S/C25H44O/c1-17-6-5-12-24(3)19(14-17)8-9-21-22-10-7-18(2)15-20(16-26)25(22,4)13-11-23(21)24/h17-23,26H,5-16H2,1-4H3. The van der Waals surface area contributed by atoms with Crippen molar-refractivity contribution in [2.24, 2.45) is 52.3 Å². The summed E-state index contributed by atoms with van der Waals surface area (Å²) in [5, 5.41) is 10.2. The zero-order valence-electron chi connectivity index (χ0n) is 18.0. The fourth-order valence-corrected chi connectivity index (χ4v) is 8.76. The Morgan fingerprint density at radius 3 is 2.27 bits per heavy atom. The smallest absolute Gasteiger partial charge is 0.0464 e. The lowest BCUT2D eigenvalue weighted by Crippen LogP contribution is -2.53.